The second kappa shape index (κ2) is 9.62. The molecule has 1 atom stereocenters. The Morgan fingerprint density at radius 1 is 0.914 bits per heavy atom. The Labute approximate surface area is 203 Å². The van der Waals surface area contributed by atoms with Crippen LogP contribution >= 0.6 is 0 Å². The molecule has 35 heavy (non-hydrogen) atoms. The van der Waals surface area contributed by atoms with Crippen molar-refractivity contribution >= 4 is 23.7 Å². The standard InChI is InChI=1S/C28H26N2O5/c31-26(32)15-25(17-12-13-17)30-27(33)18-6-5-7-19(14-18)29-28(34)35-16-24-22-10-3-1-8-20(22)21-9-2-4-11-23(21)24/h1-11,14,17,24-25H,12-13,15-16H2,(H,29,34)(H,30,33)(H,31,32). The molecule has 7 nitrogen and oxygen atoms in total. The lowest BCUT2D eigenvalue weighted by molar-refractivity contribution is -0.137. The lowest BCUT2D eigenvalue weighted by atomic mass is 9.98. The highest BCUT2D eigenvalue weighted by Gasteiger charge is 2.34. The average Bonchev–Trinajstić information content (AvgIpc) is 3.65. The number of anilines is 1. The first-order valence-electron chi connectivity index (χ1n) is 11.7. The van der Waals surface area contributed by atoms with E-state index in [0.29, 0.717) is 11.3 Å². The first-order chi connectivity index (χ1) is 17.0. The van der Waals surface area contributed by atoms with Crippen LogP contribution < -0.4 is 10.6 Å². The maximum atomic E-state index is 12.7. The SMILES string of the molecule is O=C(O)CC(NC(=O)c1cccc(NC(=O)OCC2c3ccccc3-c3ccccc32)c1)C1CC1. The van der Waals surface area contributed by atoms with Crippen LogP contribution in [0.5, 0.6) is 0 Å². The quantitative estimate of drug-likeness (QED) is 0.428. The van der Waals surface area contributed by atoms with Gasteiger partial charge in [0, 0.05) is 23.2 Å². The van der Waals surface area contributed by atoms with Gasteiger partial charge in [-0.25, -0.2) is 4.79 Å². The Morgan fingerprint density at radius 2 is 1.57 bits per heavy atom. The zero-order valence-corrected chi connectivity index (χ0v) is 19.1. The Kier molecular flexibility index (Phi) is 6.23. The fourth-order valence-corrected chi connectivity index (χ4v) is 4.76. The van der Waals surface area contributed by atoms with Crippen LogP contribution in [0.15, 0.2) is 72.8 Å². The van der Waals surface area contributed by atoms with Gasteiger partial charge < -0.3 is 15.2 Å². The van der Waals surface area contributed by atoms with Crippen LogP contribution in [0.1, 0.15) is 46.7 Å². The number of rotatable bonds is 8. The van der Waals surface area contributed by atoms with E-state index in [9.17, 15) is 14.4 Å². The molecule has 0 spiro atoms. The molecule has 0 saturated heterocycles. The van der Waals surface area contributed by atoms with Gasteiger partial charge in [0.25, 0.3) is 5.91 Å². The number of carboxylic acids is 1. The molecule has 1 unspecified atom stereocenters. The van der Waals surface area contributed by atoms with Crippen molar-refractivity contribution in [3.63, 3.8) is 0 Å². The number of hydrogen-bond acceptors (Lipinski definition) is 4. The minimum atomic E-state index is -0.937. The summed E-state index contributed by atoms with van der Waals surface area (Å²) in [5.41, 5.74) is 5.35. The van der Waals surface area contributed by atoms with Crippen molar-refractivity contribution < 1.29 is 24.2 Å². The van der Waals surface area contributed by atoms with Gasteiger partial charge in [-0.2, -0.15) is 0 Å². The predicted molar refractivity (Wildman–Crippen MR) is 131 cm³/mol. The Hall–Kier alpha value is -4.13. The molecule has 3 aromatic rings. The molecule has 1 saturated carbocycles. The van der Waals surface area contributed by atoms with E-state index >= 15 is 0 Å². The summed E-state index contributed by atoms with van der Waals surface area (Å²) in [7, 11) is 0. The van der Waals surface area contributed by atoms with Crippen molar-refractivity contribution in [3.8, 4) is 11.1 Å². The maximum Gasteiger partial charge on any atom is 0.411 e. The molecule has 3 aromatic carbocycles. The number of ether oxygens (including phenoxy) is 1. The van der Waals surface area contributed by atoms with Crippen molar-refractivity contribution in [2.45, 2.75) is 31.2 Å². The van der Waals surface area contributed by atoms with Gasteiger partial charge in [0.2, 0.25) is 0 Å². The second-order valence-corrected chi connectivity index (χ2v) is 9.05. The van der Waals surface area contributed by atoms with Crippen LogP contribution in [0.25, 0.3) is 11.1 Å². The third kappa shape index (κ3) is 5.04. The van der Waals surface area contributed by atoms with Crippen molar-refractivity contribution in [1.82, 2.24) is 5.32 Å². The van der Waals surface area contributed by atoms with Crippen molar-refractivity contribution in [2.24, 2.45) is 5.92 Å². The largest absolute Gasteiger partial charge is 0.481 e. The van der Waals surface area contributed by atoms with Gasteiger partial charge >= 0.3 is 12.1 Å². The summed E-state index contributed by atoms with van der Waals surface area (Å²) < 4.78 is 5.58. The molecule has 2 aliphatic rings. The monoisotopic (exact) mass is 470 g/mol. The summed E-state index contributed by atoms with van der Waals surface area (Å²) in [6, 6.07) is 22.4. The molecule has 178 valence electrons. The molecule has 0 radical (unpaired) electrons. The van der Waals surface area contributed by atoms with Gasteiger partial charge in [-0.3, -0.25) is 14.9 Å². The number of aliphatic carboxylic acids is 1. The predicted octanol–water partition coefficient (Wildman–Crippen LogP) is 5.03. The average molecular weight is 471 g/mol. The minimum Gasteiger partial charge on any atom is -0.481 e. The Morgan fingerprint density at radius 3 is 2.20 bits per heavy atom. The molecule has 2 aliphatic carbocycles. The van der Waals surface area contributed by atoms with Crippen molar-refractivity contribution in [2.75, 3.05) is 11.9 Å². The van der Waals surface area contributed by atoms with Gasteiger partial charge in [0.1, 0.15) is 6.61 Å². The van der Waals surface area contributed by atoms with Crippen LogP contribution in [0.2, 0.25) is 0 Å². The normalized spacial score (nSPS) is 15.0. The summed E-state index contributed by atoms with van der Waals surface area (Å²) in [5, 5.41) is 14.6. The number of carboxylic acid groups (broad SMARTS) is 1. The zero-order valence-electron chi connectivity index (χ0n) is 19.1. The smallest absolute Gasteiger partial charge is 0.411 e. The van der Waals surface area contributed by atoms with Gasteiger partial charge in [-0.1, -0.05) is 54.6 Å². The summed E-state index contributed by atoms with van der Waals surface area (Å²) >= 11 is 0. The second-order valence-electron chi connectivity index (χ2n) is 9.05. The van der Waals surface area contributed by atoms with Crippen LogP contribution in [0, 0.1) is 5.92 Å². The fourth-order valence-electron chi connectivity index (χ4n) is 4.76. The summed E-state index contributed by atoms with van der Waals surface area (Å²) in [4.78, 5) is 36.4. The summed E-state index contributed by atoms with van der Waals surface area (Å²) in [6.45, 7) is 0.193. The summed E-state index contributed by atoms with van der Waals surface area (Å²) in [6.07, 6.45) is 1.13. The van der Waals surface area contributed by atoms with Gasteiger partial charge in [-0.15, -0.1) is 0 Å². The van der Waals surface area contributed by atoms with E-state index in [1.807, 2.05) is 24.3 Å². The Bertz CT molecular complexity index is 1240. The van der Waals surface area contributed by atoms with E-state index in [1.54, 1.807) is 24.3 Å². The first kappa shape index (κ1) is 22.7. The van der Waals surface area contributed by atoms with Crippen molar-refractivity contribution in [3.05, 3.63) is 89.5 Å². The third-order valence-electron chi connectivity index (χ3n) is 6.62. The zero-order chi connectivity index (χ0) is 24.4. The topological polar surface area (TPSA) is 105 Å². The highest BCUT2D eigenvalue weighted by Crippen LogP contribution is 2.44. The molecule has 0 bridgehead atoms. The highest BCUT2D eigenvalue weighted by molar-refractivity contribution is 5.96. The van der Waals surface area contributed by atoms with E-state index in [0.717, 1.165) is 35.1 Å². The van der Waals surface area contributed by atoms with Crippen LogP contribution in [0.4, 0.5) is 10.5 Å². The van der Waals surface area contributed by atoms with Crippen molar-refractivity contribution in [1.29, 1.82) is 0 Å². The molecule has 0 aliphatic heterocycles. The number of amides is 2. The lowest BCUT2D eigenvalue weighted by Gasteiger charge is -2.17. The fraction of sp³-hybridized carbons (Fsp3) is 0.250. The number of fused-ring (bicyclic) bond motifs is 3. The van der Waals surface area contributed by atoms with E-state index < -0.39 is 18.1 Å². The van der Waals surface area contributed by atoms with Gasteiger partial charge in [0.15, 0.2) is 0 Å². The first-order valence-corrected chi connectivity index (χ1v) is 11.7. The molecule has 0 heterocycles. The van der Waals surface area contributed by atoms with Crippen LogP contribution in [-0.2, 0) is 9.53 Å². The third-order valence-corrected chi connectivity index (χ3v) is 6.62. The molecule has 7 heteroatoms. The molecule has 0 aromatic heterocycles. The molecule has 3 N–H and O–H groups in total. The molecule has 5 rings (SSSR count). The van der Waals surface area contributed by atoms with Crippen LogP contribution in [-0.4, -0.2) is 35.7 Å². The number of nitrogens with one attached hydrogen (secondary N) is 2. The summed E-state index contributed by atoms with van der Waals surface area (Å²) in [5.74, 6) is -1.14. The van der Waals surface area contributed by atoms with Crippen LogP contribution in [0.3, 0.4) is 0 Å². The minimum absolute atomic E-state index is 0.0427. The van der Waals surface area contributed by atoms with E-state index in [1.165, 1.54) is 0 Å². The molecular formula is C28H26N2O5. The van der Waals surface area contributed by atoms with Gasteiger partial charge in [-0.05, 0) is 59.2 Å². The van der Waals surface area contributed by atoms with E-state index in [2.05, 4.69) is 34.9 Å². The number of hydrogen-bond donors (Lipinski definition) is 3. The molecular weight excluding hydrogens is 444 g/mol. The van der Waals surface area contributed by atoms with E-state index in [-0.39, 0.29) is 30.8 Å². The van der Waals surface area contributed by atoms with Gasteiger partial charge in [0.05, 0.1) is 6.42 Å². The maximum absolute atomic E-state index is 12.7. The molecule has 1 fully saturated rings. The number of carbonyl (C=O) groups is 3. The number of benzene rings is 3. The Balaban J connectivity index is 1.21. The molecule has 2 amide bonds. The van der Waals surface area contributed by atoms with E-state index in [4.69, 9.17) is 9.84 Å². The highest BCUT2D eigenvalue weighted by atomic mass is 16.5. The number of carbonyl (C=O) groups excluding carboxylic acids is 2. The lowest BCUT2D eigenvalue weighted by Crippen LogP contribution is -2.38.